The normalized spacial score (nSPS) is 14.8. The highest BCUT2D eigenvalue weighted by Crippen LogP contribution is 2.37. The molecule has 1 aliphatic heterocycles. The van der Waals surface area contributed by atoms with Gasteiger partial charge in [0.15, 0.2) is 11.5 Å². The van der Waals surface area contributed by atoms with Crippen molar-refractivity contribution in [2.75, 3.05) is 25.6 Å². The summed E-state index contributed by atoms with van der Waals surface area (Å²) in [4.78, 5) is 38.1. The Bertz CT molecular complexity index is 1060. The number of hydrogen-bond donors (Lipinski definition) is 1. The summed E-state index contributed by atoms with van der Waals surface area (Å²) in [6.45, 7) is 1.77. The molecule has 0 spiro atoms. The number of rotatable bonds is 7. The van der Waals surface area contributed by atoms with Crippen LogP contribution in [0.1, 0.15) is 12.5 Å². The van der Waals surface area contributed by atoms with Crippen LogP contribution < -0.4 is 14.8 Å². The number of hydrogen-bond acceptors (Lipinski definition) is 6. The van der Waals surface area contributed by atoms with Gasteiger partial charge in [0.25, 0.3) is 11.1 Å². The average molecular weight is 465 g/mol. The minimum absolute atomic E-state index is 0.118. The second-order valence-corrected chi connectivity index (χ2v) is 7.68. The molecule has 1 N–H and O–H groups in total. The molecule has 3 rings (SSSR count). The molecule has 3 amide bonds. The summed E-state index contributed by atoms with van der Waals surface area (Å²) in [6, 6.07) is 8.30. The van der Waals surface area contributed by atoms with Gasteiger partial charge in [0.2, 0.25) is 5.91 Å². The van der Waals surface area contributed by atoms with E-state index in [0.29, 0.717) is 46.1 Å². The first-order chi connectivity index (χ1) is 14.8. The molecule has 2 aromatic rings. The van der Waals surface area contributed by atoms with E-state index in [4.69, 9.17) is 21.1 Å². The number of carbonyl (C=O) groups excluding carboxylic acids is 3. The molecule has 2 aromatic carbocycles. The summed E-state index contributed by atoms with van der Waals surface area (Å²) in [5, 5.41) is 2.24. The predicted molar refractivity (Wildman–Crippen MR) is 117 cm³/mol. The molecular weight excluding hydrogens is 447 g/mol. The fourth-order valence-corrected chi connectivity index (χ4v) is 3.78. The number of anilines is 1. The second-order valence-electron chi connectivity index (χ2n) is 6.28. The summed E-state index contributed by atoms with van der Waals surface area (Å²) in [5.74, 6) is -0.768. The van der Waals surface area contributed by atoms with Crippen LogP contribution in [0.2, 0.25) is 5.02 Å². The molecule has 0 atom stereocenters. The van der Waals surface area contributed by atoms with Crippen molar-refractivity contribution in [1.82, 2.24) is 4.90 Å². The van der Waals surface area contributed by atoms with Gasteiger partial charge in [-0.3, -0.25) is 19.3 Å². The van der Waals surface area contributed by atoms with E-state index in [1.54, 1.807) is 12.1 Å². The van der Waals surface area contributed by atoms with Crippen molar-refractivity contribution in [2.24, 2.45) is 0 Å². The lowest BCUT2D eigenvalue weighted by molar-refractivity contribution is -0.127. The summed E-state index contributed by atoms with van der Waals surface area (Å²) in [7, 11) is 1.48. The summed E-state index contributed by atoms with van der Waals surface area (Å²) in [6.07, 6.45) is 1.46. The Balaban J connectivity index is 1.75. The fourth-order valence-electron chi connectivity index (χ4n) is 2.74. The molecule has 1 heterocycles. The highest BCUT2D eigenvalue weighted by atomic mass is 35.5. The lowest BCUT2D eigenvalue weighted by Crippen LogP contribution is -2.36. The maximum absolute atomic E-state index is 13.0. The Hall–Kier alpha value is -3.04. The number of amides is 3. The van der Waals surface area contributed by atoms with Crippen LogP contribution in [0.4, 0.5) is 14.9 Å². The van der Waals surface area contributed by atoms with E-state index >= 15 is 0 Å². The fraction of sp³-hybridized carbons (Fsp3) is 0.190. The minimum atomic E-state index is -0.617. The first-order valence-corrected chi connectivity index (χ1v) is 10.3. The van der Waals surface area contributed by atoms with Crippen LogP contribution in [0.25, 0.3) is 6.08 Å². The molecule has 0 bridgehead atoms. The minimum Gasteiger partial charge on any atom is -0.493 e. The molecule has 0 aliphatic carbocycles. The zero-order valence-electron chi connectivity index (χ0n) is 16.6. The average Bonchev–Trinajstić information content (AvgIpc) is 2.99. The number of nitrogens with one attached hydrogen (secondary N) is 1. The number of thioether (sulfide) groups is 1. The Morgan fingerprint density at radius 1 is 1.23 bits per heavy atom. The lowest BCUT2D eigenvalue weighted by atomic mass is 10.1. The number of imide groups is 1. The van der Waals surface area contributed by atoms with E-state index in [0.717, 1.165) is 4.90 Å². The largest absolute Gasteiger partial charge is 0.493 e. The predicted octanol–water partition coefficient (Wildman–Crippen LogP) is 4.56. The first-order valence-electron chi connectivity index (χ1n) is 9.13. The van der Waals surface area contributed by atoms with E-state index in [9.17, 15) is 18.8 Å². The number of nitrogens with zero attached hydrogens (tertiary/aromatic N) is 1. The molecule has 1 aliphatic rings. The number of methoxy groups -OCH3 is 1. The van der Waals surface area contributed by atoms with Gasteiger partial charge >= 0.3 is 0 Å². The van der Waals surface area contributed by atoms with E-state index in [1.807, 2.05) is 6.92 Å². The van der Waals surface area contributed by atoms with E-state index in [-0.39, 0.29) is 4.91 Å². The van der Waals surface area contributed by atoms with Crippen molar-refractivity contribution in [1.29, 1.82) is 0 Å². The topological polar surface area (TPSA) is 84.9 Å². The standard InChI is InChI=1S/C21H18ClFN2O5S/c1-3-30-17-10-15(22)12(8-16(17)29-2)9-18-20(27)25(21(28)31-18)11-19(26)24-14-6-4-13(23)5-7-14/h4-10H,3,11H2,1-2H3,(H,24,26)/b18-9-. The molecule has 10 heteroatoms. The number of halogens is 2. The highest BCUT2D eigenvalue weighted by molar-refractivity contribution is 8.18. The van der Waals surface area contributed by atoms with E-state index in [2.05, 4.69) is 5.32 Å². The van der Waals surface area contributed by atoms with Crippen molar-refractivity contribution < 1.29 is 28.2 Å². The first kappa shape index (κ1) is 22.6. The zero-order valence-corrected chi connectivity index (χ0v) is 18.2. The maximum Gasteiger partial charge on any atom is 0.294 e. The van der Waals surface area contributed by atoms with Gasteiger partial charge in [-0.15, -0.1) is 0 Å². The molecule has 7 nitrogen and oxygen atoms in total. The quantitative estimate of drug-likeness (QED) is 0.604. The molecule has 0 unspecified atom stereocenters. The molecule has 0 radical (unpaired) electrons. The van der Waals surface area contributed by atoms with E-state index < -0.39 is 29.4 Å². The van der Waals surface area contributed by atoms with Crippen molar-refractivity contribution >= 4 is 52.2 Å². The third-order valence-corrected chi connectivity index (χ3v) is 5.41. The maximum atomic E-state index is 13.0. The van der Waals surface area contributed by atoms with Gasteiger partial charge in [0.05, 0.1) is 23.6 Å². The summed E-state index contributed by atoms with van der Waals surface area (Å²) < 4.78 is 23.7. The SMILES string of the molecule is CCOc1cc(Cl)c(/C=C2\SC(=O)N(CC(=O)Nc3ccc(F)cc3)C2=O)cc1OC. The Morgan fingerprint density at radius 2 is 1.94 bits per heavy atom. The Morgan fingerprint density at radius 3 is 2.58 bits per heavy atom. The molecule has 0 saturated carbocycles. The van der Waals surface area contributed by atoms with E-state index in [1.165, 1.54) is 37.5 Å². The van der Waals surface area contributed by atoms with Crippen molar-refractivity contribution in [3.05, 3.63) is 57.7 Å². The molecule has 31 heavy (non-hydrogen) atoms. The monoisotopic (exact) mass is 464 g/mol. The van der Waals surface area contributed by atoms with Gasteiger partial charge < -0.3 is 14.8 Å². The molecule has 162 valence electrons. The third-order valence-electron chi connectivity index (χ3n) is 4.17. The van der Waals surface area contributed by atoms with Gasteiger partial charge in [-0.25, -0.2) is 4.39 Å². The van der Waals surface area contributed by atoms with Crippen LogP contribution in [-0.4, -0.2) is 42.2 Å². The van der Waals surface area contributed by atoms with Crippen molar-refractivity contribution in [3.63, 3.8) is 0 Å². The number of ether oxygens (including phenoxy) is 2. The van der Waals surface area contributed by atoms with Gasteiger partial charge in [0, 0.05) is 11.8 Å². The Labute approximate surface area is 187 Å². The number of carbonyl (C=O) groups is 3. The van der Waals surface area contributed by atoms with Crippen LogP contribution in [0, 0.1) is 5.82 Å². The van der Waals surface area contributed by atoms with Gasteiger partial charge in [-0.1, -0.05) is 11.6 Å². The second kappa shape index (κ2) is 9.84. The lowest BCUT2D eigenvalue weighted by Gasteiger charge is -2.13. The molecule has 1 saturated heterocycles. The Kier molecular flexibility index (Phi) is 7.19. The summed E-state index contributed by atoms with van der Waals surface area (Å²) >= 11 is 6.99. The summed E-state index contributed by atoms with van der Waals surface area (Å²) in [5.41, 5.74) is 0.811. The molecular formula is C21H18ClFN2O5S. The zero-order chi connectivity index (χ0) is 22.5. The van der Waals surface area contributed by atoms with Gasteiger partial charge in [-0.2, -0.15) is 0 Å². The smallest absolute Gasteiger partial charge is 0.294 e. The highest BCUT2D eigenvalue weighted by Gasteiger charge is 2.36. The van der Waals surface area contributed by atoms with Gasteiger partial charge in [-0.05, 0) is 60.7 Å². The van der Waals surface area contributed by atoms with Crippen LogP contribution in [0.15, 0.2) is 41.3 Å². The van der Waals surface area contributed by atoms with Crippen LogP contribution in [-0.2, 0) is 9.59 Å². The molecule has 1 fully saturated rings. The van der Waals surface area contributed by atoms with Crippen molar-refractivity contribution in [2.45, 2.75) is 6.92 Å². The molecule has 0 aromatic heterocycles. The van der Waals surface area contributed by atoms with Crippen LogP contribution in [0.5, 0.6) is 11.5 Å². The van der Waals surface area contributed by atoms with Crippen molar-refractivity contribution in [3.8, 4) is 11.5 Å². The van der Waals surface area contributed by atoms with Crippen LogP contribution in [0.3, 0.4) is 0 Å². The van der Waals surface area contributed by atoms with Gasteiger partial charge in [0.1, 0.15) is 12.4 Å². The van der Waals surface area contributed by atoms with Crippen LogP contribution >= 0.6 is 23.4 Å². The third kappa shape index (κ3) is 5.36. The number of benzene rings is 2.